The molecule has 0 amide bonds. The van der Waals surface area contributed by atoms with Crippen LogP contribution in [-0.4, -0.2) is 33.9 Å². The molecule has 0 aliphatic carbocycles. The Morgan fingerprint density at radius 3 is 2.63 bits per heavy atom. The summed E-state index contributed by atoms with van der Waals surface area (Å²) in [6, 6.07) is 6.41. The highest BCUT2D eigenvalue weighted by atomic mass is 16.5. The van der Waals surface area contributed by atoms with E-state index >= 15 is 0 Å². The summed E-state index contributed by atoms with van der Waals surface area (Å²) in [5, 5.41) is 3.72. The van der Waals surface area contributed by atoms with E-state index in [1.165, 1.54) is 11.3 Å². The number of aromatic nitrogens is 3. The molecule has 0 saturated carbocycles. The topological polar surface area (TPSA) is 64.3 Å². The normalized spacial score (nSPS) is 13.2. The number of anilines is 1. The number of ether oxygens (including phenoxy) is 1. The number of fused-ring (bicyclic) bond motifs is 1. The van der Waals surface area contributed by atoms with Crippen LogP contribution in [0.1, 0.15) is 72.2 Å². The smallest absolute Gasteiger partial charge is 0.222 e. The largest absolute Gasteiger partial charge is 0.477 e. The van der Waals surface area contributed by atoms with Crippen molar-refractivity contribution in [3.05, 3.63) is 47.4 Å². The van der Waals surface area contributed by atoms with Gasteiger partial charge in [-0.3, -0.25) is 4.99 Å². The summed E-state index contributed by atoms with van der Waals surface area (Å²) in [5.74, 6) is 1.08. The molecular formula is C29H41N5O. The molecular weight excluding hydrogens is 434 g/mol. The van der Waals surface area contributed by atoms with E-state index in [2.05, 4.69) is 73.5 Å². The van der Waals surface area contributed by atoms with Crippen LogP contribution in [0.25, 0.3) is 22.3 Å². The lowest BCUT2D eigenvalue weighted by Gasteiger charge is -2.18. The molecule has 0 bridgehead atoms. The van der Waals surface area contributed by atoms with Gasteiger partial charge in [-0.15, -0.1) is 0 Å². The van der Waals surface area contributed by atoms with Crippen LogP contribution in [-0.2, 0) is 6.42 Å². The van der Waals surface area contributed by atoms with Crippen molar-refractivity contribution in [1.82, 2.24) is 14.5 Å². The van der Waals surface area contributed by atoms with Crippen LogP contribution < -0.4 is 10.1 Å². The van der Waals surface area contributed by atoms with Crippen molar-refractivity contribution >= 4 is 22.9 Å². The van der Waals surface area contributed by atoms with E-state index in [9.17, 15) is 0 Å². The molecule has 0 fully saturated rings. The molecule has 3 aromatic rings. The molecule has 6 heteroatoms. The highest BCUT2D eigenvalue weighted by Crippen LogP contribution is 2.37. The zero-order valence-corrected chi connectivity index (χ0v) is 22.6. The Morgan fingerprint density at radius 2 is 2.00 bits per heavy atom. The van der Waals surface area contributed by atoms with Crippen LogP contribution in [0.4, 0.5) is 5.69 Å². The van der Waals surface area contributed by atoms with Crippen LogP contribution in [0.5, 0.6) is 5.88 Å². The number of aliphatic imine (C=N–C) groups is 1. The second-order valence-electron chi connectivity index (χ2n) is 9.21. The predicted molar refractivity (Wildman–Crippen MR) is 149 cm³/mol. The lowest BCUT2D eigenvalue weighted by Crippen LogP contribution is -2.10. The SMILES string of the molecule is CC=N/C(=C\C(C)CC)CNc1cc(-c2cccnc2OCC)nc2c(C)c(CC)n(C(C)C)c12. The number of nitrogens with zero attached hydrogens (tertiary/aromatic N) is 4. The first-order chi connectivity index (χ1) is 16.9. The van der Waals surface area contributed by atoms with Crippen molar-refractivity contribution in [3.63, 3.8) is 0 Å². The van der Waals surface area contributed by atoms with Gasteiger partial charge in [0, 0.05) is 24.1 Å². The van der Waals surface area contributed by atoms with E-state index < -0.39 is 0 Å². The van der Waals surface area contributed by atoms with Crippen LogP contribution >= 0.6 is 0 Å². The standard InChI is InChI=1S/C29H41N5O/c1-9-20(7)16-22(30-11-3)18-32-25-17-24(23-14-13-15-31-29(23)35-12-4)33-27-21(8)26(10-2)34(19(5)6)28(25)27/h11,13-17,19-20H,9-10,12,18H2,1-8H3,(H,32,33)/b22-16-,30-11?. The lowest BCUT2D eigenvalue weighted by molar-refractivity contribution is 0.328. The number of nitrogens with one attached hydrogen (secondary N) is 1. The summed E-state index contributed by atoms with van der Waals surface area (Å²) in [7, 11) is 0. The Labute approximate surface area is 210 Å². The van der Waals surface area contributed by atoms with Crippen molar-refractivity contribution in [2.24, 2.45) is 10.9 Å². The summed E-state index contributed by atoms with van der Waals surface area (Å²) in [4.78, 5) is 14.3. The average Bonchev–Trinajstić information content (AvgIpc) is 3.14. The first-order valence-corrected chi connectivity index (χ1v) is 12.9. The molecule has 6 nitrogen and oxygen atoms in total. The molecule has 35 heavy (non-hydrogen) atoms. The quantitative estimate of drug-likeness (QED) is 0.294. The van der Waals surface area contributed by atoms with Crippen LogP contribution in [0, 0.1) is 12.8 Å². The minimum Gasteiger partial charge on any atom is -0.477 e. The van der Waals surface area contributed by atoms with Gasteiger partial charge in [0.2, 0.25) is 5.88 Å². The lowest BCUT2D eigenvalue weighted by atomic mass is 10.1. The third-order valence-corrected chi connectivity index (χ3v) is 6.37. The van der Waals surface area contributed by atoms with Gasteiger partial charge >= 0.3 is 0 Å². The number of aryl methyl sites for hydroxylation is 1. The third-order valence-electron chi connectivity index (χ3n) is 6.37. The van der Waals surface area contributed by atoms with Gasteiger partial charge in [-0.05, 0) is 70.7 Å². The van der Waals surface area contributed by atoms with E-state index in [-0.39, 0.29) is 0 Å². The van der Waals surface area contributed by atoms with Gasteiger partial charge in [0.25, 0.3) is 0 Å². The Bertz CT molecular complexity index is 1210. The second-order valence-corrected chi connectivity index (χ2v) is 9.21. The summed E-state index contributed by atoms with van der Waals surface area (Å²) >= 11 is 0. The first-order valence-electron chi connectivity index (χ1n) is 12.9. The monoisotopic (exact) mass is 475 g/mol. The minimum absolute atomic E-state index is 0.315. The van der Waals surface area contributed by atoms with Crippen LogP contribution in [0.15, 0.2) is 41.2 Å². The van der Waals surface area contributed by atoms with Gasteiger partial charge in [-0.2, -0.15) is 0 Å². The maximum absolute atomic E-state index is 5.84. The summed E-state index contributed by atoms with van der Waals surface area (Å²) in [5.41, 5.74) is 8.56. The van der Waals surface area contributed by atoms with E-state index in [4.69, 9.17) is 9.72 Å². The van der Waals surface area contributed by atoms with E-state index in [0.717, 1.165) is 46.5 Å². The molecule has 0 radical (unpaired) electrons. The number of pyridine rings is 2. The molecule has 3 heterocycles. The molecule has 0 spiro atoms. The van der Waals surface area contributed by atoms with Crippen molar-refractivity contribution in [2.45, 2.75) is 74.3 Å². The van der Waals surface area contributed by atoms with Crippen molar-refractivity contribution in [3.8, 4) is 17.1 Å². The van der Waals surface area contributed by atoms with E-state index in [0.29, 0.717) is 31.0 Å². The summed E-state index contributed by atoms with van der Waals surface area (Å²) < 4.78 is 8.27. The maximum atomic E-state index is 5.84. The number of hydrogen-bond acceptors (Lipinski definition) is 5. The zero-order chi connectivity index (χ0) is 25.5. The first kappa shape index (κ1) is 26.5. The Kier molecular flexibility index (Phi) is 9.07. The molecule has 0 saturated heterocycles. The highest BCUT2D eigenvalue weighted by molar-refractivity contribution is 5.95. The average molecular weight is 476 g/mol. The van der Waals surface area contributed by atoms with Gasteiger partial charge < -0.3 is 14.6 Å². The molecule has 1 N–H and O–H groups in total. The van der Waals surface area contributed by atoms with Gasteiger partial charge in [-0.1, -0.05) is 33.3 Å². The maximum Gasteiger partial charge on any atom is 0.222 e. The Balaban J connectivity index is 2.23. The van der Waals surface area contributed by atoms with Gasteiger partial charge in [0.15, 0.2) is 0 Å². The fourth-order valence-corrected chi connectivity index (χ4v) is 4.56. The molecule has 0 aromatic carbocycles. The molecule has 3 aromatic heterocycles. The molecule has 0 aliphatic heterocycles. The van der Waals surface area contributed by atoms with Crippen LogP contribution in [0.3, 0.4) is 0 Å². The molecule has 188 valence electrons. The van der Waals surface area contributed by atoms with E-state index in [1.54, 1.807) is 6.20 Å². The van der Waals surface area contributed by atoms with Gasteiger partial charge in [0.1, 0.15) is 0 Å². The molecule has 3 rings (SSSR count). The predicted octanol–water partition coefficient (Wildman–Crippen LogP) is 7.38. The minimum atomic E-state index is 0.315. The van der Waals surface area contributed by atoms with Gasteiger partial charge in [0.05, 0.1) is 46.8 Å². The zero-order valence-electron chi connectivity index (χ0n) is 22.6. The number of allylic oxidation sites excluding steroid dienone is 1. The molecule has 1 unspecified atom stereocenters. The summed E-state index contributed by atoms with van der Waals surface area (Å²) in [6.07, 6.45) is 7.92. The second kappa shape index (κ2) is 12.0. The highest BCUT2D eigenvalue weighted by Gasteiger charge is 2.22. The van der Waals surface area contributed by atoms with Gasteiger partial charge in [-0.25, -0.2) is 9.97 Å². The summed E-state index contributed by atoms with van der Waals surface area (Å²) in [6.45, 7) is 18.4. The fraction of sp³-hybridized carbons (Fsp3) is 0.483. The van der Waals surface area contributed by atoms with Crippen molar-refractivity contribution < 1.29 is 4.74 Å². The number of rotatable bonds is 11. The molecule has 1 atom stereocenters. The van der Waals surface area contributed by atoms with Crippen molar-refractivity contribution in [2.75, 3.05) is 18.5 Å². The Morgan fingerprint density at radius 1 is 1.23 bits per heavy atom. The Hall–Kier alpha value is -3.15. The van der Waals surface area contributed by atoms with Crippen LogP contribution in [0.2, 0.25) is 0 Å². The number of hydrogen-bond donors (Lipinski definition) is 1. The fourth-order valence-electron chi connectivity index (χ4n) is 4.56. The third kappa shape index (κ3) is 5.75. The van der Waals surface area contributed by atoms with Crippen molar-refractivity contribution in [1.29, 1.82) is 0 Å². The molecule has 0 aliphatic rings. The van der Waals surface area contributed by atoms with E-state index in [1.807, 2.05) is 32.2 Å².